The Bertz CT molecular complexity index is 1180. The van der Waals surface area contributed by atoms with Gasteiger partial charge in [0.2, 0.25) is 5.91 Å². The van der Waals surface area contributed by atoms with Gasteiger partial charge in [-0.25, -0.2) is 0 Å². The summed E-state index contributed by atoms with van der Waals surface area (Å²) < 4.78 is 2.78. The number of carbonyl (C=O) groups excluding carboxylic acids is 2. The molecule has 178 valence electrons. The Morgan fingerprint density at radius 1 is 1.00 bits per heavy atom. The Balaban J connectivity index is 1.41. The highest BCUT2D eigenvalue weighted by atomic mass is 79.9. The maximum atomic E-state index is 13.8. The van der Waals surface area contributed by atoms with Gasteiger partial charge in [0.15, 0.2) is 0 Å². The average molecular weight is 524 g/mol. The number of aromatic nitrogens is 1. The molecular formula is C27H30BrN3O3. The van der Waals surface area contributed by atoms with Gasteiger partial charge in [0.25, 0.3) is 11.5 Å². The quantitative estimate of drug-likeness (QED) is 0.607. The molecule has 1 aliphatic carbocycles. The van der Waals surface area contributed by atoms with Crippen LogP contribution in [0.25, 0.3) is 6.08 Å². The largest absolute Gasteiger partial charge is 0.336 e. The molecule has 2 amide bonds. The van der Waals surface area contributed by atoms with E-state index >= 15 is 0 Å². The second-order valence-electron chi connectivity index (χ2n) is 9.85. The molecule has 1 aromatic heterocycles. The summed E-state index contributed by atoms with van der Waals surface area (Å²) in [6, 6.07) is 13.1. The zero-order valence-corrected chi connectivity index (χ0v) is 20.8. The Morgan fingerprint density at radius 3 is 2.59 bits per heavy atom. The molecule has 2 bridgehead atoms. The van der Waals surface area contributed by atoms with E-state index in [9.17, 15) is 14.4 Å². The molecule has 3 heterocycles. The Morgan fingerprint density at radius 2 is 1.79 bits per heavy atom. The third kappa shape index (κ3) is 4.90. The van der Waals surface area contributed by atoms with E-state index in [-0.39, 0.29) is 35.1 Å². The summed E-state index contributed by atoms with van der Waals surface area (Å²) in [6.45, 7) is 1.77. The standard InChI is InChI=1S/C27H30BrN3O3/c28-22-9-4-6-18(13-22)14-23(29-26(33)20-7-2-1-3-8-20)27(34)30-15-19-12-21(17-30)24-10-5-11-25(32)31(24)16-19/h4-6,9-11,13-14,19-21H,1-3,7-8,12,15-17H2,(H,29,33)/b23-14-. The zero-order valence-electron chi connectivity index (χ0n) is 19.2. The molecule has 1 aromatic carbocycles. The predicted octanol–water partition coefficient (Wildman–Crippen LogP) is 4.29. The SMILES string of the molecule is O=C(N/C(=C\c1cccc(Br)c1)C(=O)N1CC2CC(C1)c1cccc(=O)n1C2)C1CCCCC1. The monoisotopic (exact) mass is 523 g/mol. The highest BCUT2D eigenvalue weighted by Gasteiger charge is 2.37. The molecule has 0 radical (unpaired) electrons. The summed E-state index contributed by atoms with van der Waals surface area (Å²) in [7, 11) is 0. The number of hydrogen-bond acceptors (Lipinski definition) is 3. The summed E-state index contributed by atoms with van der Waals surface area (Å²) >= 11 is 3.49. The number of rotatable bonds is 4. The number of fused-ring (bicyclic) bond motifs is 4. The summed E-state index contributed by atoms with van der Waals surface area (Å²) in [4.78, 5) is 41.1. The summed E-state index contributed by atoms with van der Waals surface area (Å²) in [5, 5.41) is 3.01. The van der Waals surface area contributed by atoms with Gasteiger partial charge in [0.1, 0.15) is 5.70 Å². The lowest BCUT2D eigenvalue weighted by molar-refractivity contribution is -0.133. The van der Waals surface area contributed by atoms with E-state index in [1.807, 2.05) is 39.8 Å². The topological polar surface area (TPSA) is 71.4 Å². The van der Waals surface area contributed by atoms with Crippen molar-refractivity contribution in [1.82, 2.24) is 14.8 Å². The number of benzene rings is 1. The van der Waals surface area contributed by atoms with E-state index in [1.54, 1.807) is 18.2 Å². The van der Waals surface area contributed by atoms with Gasteiger partial charge in [-0.3, -0.25) is 14.4 Å². The molecule has 0 spiro atoms. The lowest BCUT2D eigenvalue weighted by Crippen LogP contribution is -2.51. The normalized spacial score (nSPS) is 22.7. The summed E-state index contributed by atoms with van der Waals surface area (Å²) in [5.41, 5.74) is 2.22. The van der Waals surface area contributed by atoms with Crippen LogP contribution in [0, 0.1) is 11.8 Å². The highest BCUT2D eigenvalue weighted by molar-refractivity contribution is 9.10. The fourth-order valence-electron chi connectivity index (χ4n) is 5.75. The van der Waals surface area contributed by atoms with Crippen LogP contribution in [0.4, 0.5) is 0 Å². The van der Waals surface area contributed by atoms with E-state index in [2.05, 4.69) is 21.2 Å². The van der Waals surface area contributed by atoms with Crippen molar-refractivity contribution in [3.8, 4) is 0 Å². The number of piperidine rings is 1. The second kappa shape index (κ2) is 9.90. The predicted molar refractivity (Wildman–Crippen MR) is 135 cm³/mol. The van der Waals surface area contributed by atoms with Crippen molar-refractivity contribution in [2.75, 3.05) is 13.1 Å². The summed E-state index contributed by atoms with van der Waals surface area (Å²) in [6.07, 6.45) is 7.82. The molecular weight excluding hydrogens is 494 g/mol. The van der Waals surface area contributed by atoms with Crippen LogP contribution in [-0.2, 0) is 16.1 Å². The third-order valence-corrected chi connectivity index (χ3v) is 7.88. The number of hydrogen-bond donors (Lipinski definition) is 1. The van der Waals surface area contributed by atoms with Crippen molar-refractivity contribution in [3.05, 3.63) is 74.2 Å². The molecule has 1 saturated carbocycles. The number of likely N-dealkylation sites (tertiary alicyclic amines) is 1. The Kier molecular flexibility index (Phi) is 6.73. The first kappa shape index (κ1) is 23.1. The van der Waals surface area contributed by atoms with Crippen molar-refractivity contribution in [1.29, 1.82) is 0 Å². The molecule has 2 fully saturated rings. The maximum absolute atomic E-state index is 13.8. The molecule has 2 unspecified atom stereocenters. The Hall–Kier alpha value is -2.67. The van der Waals surface area contributed by atoms with Crippen LogP contribution in [0.2, 0.25) is 0 Å². The van der Waals surface area contributed by atoms with Crippen LogP contribution >= 0.6 is 15.9 Å². The number of pyridine rings is 1. The van der Waals surface area contributed by atoms with Crippen molar-refractivity contribution >= 4 is 33.8 Å². The van der Waals surface area contributed by atoms with E-state index < -0.39 is 0 Å². The molecule has 1 N–H and O–H groups in total. The minimum absolute atomic E-state index is 0.0296. The number of amides is 2. The summed E-state index contributed by atoms with van der Waals surface area (Å²) in [5.74, 6) is 0.129. The molecule has 5 rings (SSSR count). The van der Waals surface area contributed by atoms with Gasteiger partial charge in [0.05, 0.1) is 0 Å². The minimum Gasteiger partial charge on any atom is -0.336 e. The zero-order chi connectivity index (χ0) is 23.7. The van der Waals surface area contributed by atoms with Gasteiger partial charge < -0.3 is 14.8 Å². The minimum atomic E-state index is -0.148. The second-order valence-corrected chi connectivity index (χ2v) is 10.8. The van der Waals surface area contributed by atoms with Crippen LogP contribution < -0.4 is 10.9 Å². The lowest BCUT2D eigenvalue weighted by atomic mass is 9.83. The van der Waals surface area contributed by atoms with Crippen molar-refractivity contribution in [2.24, 2.45) is 11.8 Å². The molecule has 1 saturated heterocycles. The molecule has 34 heavy (non-hydrogen) atoms. The highest BCUT2D eigenvalue weighted by Crippen LogP contribution is 2.35. The van der Waals surface area contributed by atoms with Crippen LogP contribution in [0.3, 0.4) is 0 Å². The molecule has 2 atom stereocenters. The van der Waals surface area contributed by atoms with E-state index in [1.165, 1.54) is 6.42 Å². The Labute approximate surface area is 208 Å². The number of nitrogens with one attached hydrogen (secondary N) is 1. The lowest BCUT2D eigenvalue weighted by Gasteiger charge is -2.43. The fourth-order valence-corrected chi connectivity index (χ4v) is 6.16. The van der Waals surface area contributed by atoms with Gasteiger partial charge in [-0.2, -0.15) is 0 Å². The molecule has 7 heteroatoms. The fraction of sp³-hybridized carbons (Fsp3) is 0.444. The van der Waals surface area contributed by atoms with Crippen LogP contribution in [-0.4, -0.2) is 34.4 Å². The maximum Gasteiger partial charge on any atom is 0.270 e. The van der Waals surface area contributed by atoms with Gasteiger partial charge in [-0.1, -0.05) is 53.4 Å². The van der Waals surface area contributed by atoms with Crippen LogP contribution in [0.1, 0.15) is 55.7 Å². The van der Waals surface area contributed by atoms with Crippen LogP contribution in [0.15, 0.2) is 57.4 Å². The van der Waals surface area contributed by atoms with Gasteiger partial charge in [-0.05, 0) is 55.0 Å². The van der Waals surface area contributed by atoms with Crippen molar-refractivity contribution in [2.45, 2.75) is 51.0 Å². The molecule has 3 aliphatic rings. The van der Waals surface area contributed by atoms with E-state index in [0.717, 1.165) is 47.8 Å². The van der Waals surface area contributed by atoms with Gasteiger partial charge in [-0.15, -0.1) is 0 Å². The number of nitrogens with zero attached hydrogens (tertiary/aromatic N) is 2. The van der Waals surface area contributed by atoms with Gasteiger partial charge >= 0.3 is 0 Å². The van der Waals surface area contributed by atoms with Crippen molar-refractivity contribution in [3.63, 3.8) is 0 Å². The molecule has 2 aromatic rings. The first-order valence-electron chi connectivity index (χ1n) is 12.2. The third-order valence-electron chi connectivity index (χ3n) is 7.39. The first-order valence-corrected chi connectivity index (χ1v) is 13.0. The van der Waals surface area contributed by atoms with Gasteiger partial charge in [0, 0.05) is 47.7 Å². The van der Waals surface area contributed by atoms with Crippen molar-refractivity contribution < 1.29 is 9.59 Å². The van der Waals surface area contributed by atoms with Crippen LogP contribution in [0.5, 0.6) is 0 Å². The van der Waals surface area contributed by atoms with E-state index in [0.29, 0.717) is 25.3 Å². The molecule has 6 nitrogen and oxygen atoms in total. The number of carbonyl (C=O) groups is 2. The molecule has 2 aliphatic heterocycles. The smallest absolute Gasteiger partial charge is 0.270 e. The van der Waals surface area contributed by atoms with E-state index in [4.69, 9.17) is 0 Å². The first-order chi connectivity index (χ1) is 16.5. The number of halogens is 1. The average Bonchev–Trinajstić information content (AvgIpc) is 2.84.